The normalized spacial score (nSPS) is 10.7. The molecule has 0 aliphatic carbocycles. The molecule has 0 spiro atoms. The van der Waals surface area contributed by atoms with Crippen molar-refractivity contribution in [3.05, 3.63) is 65.9 Å². The monoisotopic (exact) mass is 323 g/mol. The Labute approximate surface area is 141 Å². The lowest BCUT2D eigenvalue weighted by Gasteiger charge is -2.13. The lowest BCUT2D eigenvalue weighted by molar-refractivity contribution is 0.0952. The number of aromatic amines is 1. The number of anilines is 1. The first-order valence-corrected chi connectivity index (χ1v) is 7.94. The van der Waals surface area contributed by atoms with Crippen LogP contribution in [0.2, 0.25) is 0 Å². The molecule has 0 fully saturated rings. The highest BCUT2D eigenvalue weighted by Gasteiger charge is 2.11. The van der Waals surface area contributed by atoms with Gasteiger partial charge >= 0.3 is 0 Å². The number of hydrogen-bond acceptors (Lipinski definition) is 3. The van der Waals surface area contributed by atoms with Crippen LogP contribution in [0.5, 0.6) is 0 Å². The molecule has 1 heterocycles. The van der Waals surface area contributed by atoms with Crippen molar-refractivity contribution >= 4 is 22.5 Å². The molecule has 0 unspecified atom stereocenters. The third-order valence-corrected chi connectivity index (χ3v) is 3.91. The zero-order chi connectivity index (χ0) is 16.8. The van der Waals surface area contributed by atoms with Crippen molar-refractivity contribution in [2.45, 2.75) is 6.54 Å². The lowest BCUT2D eigenvalue weighted by atomic mass is 10.1. The van der Waals surface area contributed by atoms with Crippen LogP contribution in [0.15, 0.2) is 54.7 Å². The Balaban J connectivity index is 1.69. The van der Waals surface area contributed by atoms with Crippen LogP contribution < -0.4 is 10.6 Å². The molecule has 0 atom stereocenters. The predicted octanol–water partition coefficient (Wildman–Crippen LogP) is 3.16. The van der Waals surface area contributed by atoms with Crippen molar-refractivity contribution in [3.63, 3.8) is 0 Å². The minimum Gasteiger partial charge on any atom is -0.383 e. The van der Waals surface area contributed by atoms with Crippen LogP contribution >= 0.6 is 0 Å². The first-order valence-electron chi connectivity index (χ1n) is 7.94. The number of nitrogens with one attached hydrogen (secondary N) is 3. The number of benzene rings is 2. The standard InChI is InChI=1S/C19H21N3O2/c1-24-12-11-20-17-8-3-2-5-15(17)13-22-19(23)16-7-4-6-14-9-10-21-18(14)16/h2-10,20-21H,11-13H2,1H3,(H,22,23). The molecule has 2 aromatic carbocycles. The fraction of sp³-hybridized carbons (Fsp3) is 0.211. The lowest BCUT2D eigenvalue weighted by Crippen LogP contribution is -2.23. The van der Waals surface area contributed by atoms with E-state index in [-0.39, 0.29) is 5.91 Å². The van der Waals surface area contributed by atoms with E-state index in [9.17, 15) is 4.79 Å². The number of ether oxygens (including phenoxy) is 1. The van der Waals surface area contributed by atoms with E-state index in [0.717, 1.165) is 28.7 Å². The van der Waals surface area contributed by atoms with Gasteiger partial charge in [-0.2, -0.15) is 0 Å². The number of carbonyl (C=O) groups is 1. The van der Waals surface area contributed by atoms with Gasteiger partial charge in [-0.1, -0.05) is 30.3 Å². The van der Waals surface area contributed by atoms with Gasteiger partial charge in [-0.15, -0.1) is 0 Å². The molecule has 0 saturated heterocycles. The average molecular weight is 323 g/mol. The first kappa shape index (κ1) is 16.1. The average Bonchev–Trinajstić information content (AvgIpc) is 3.09. The number of carbonyl (C=O) groups excluding carboxylic acids is 1. The van der Waals surface area contributed by atoms with Crippen LogP contribution in [0.3, 0.4) is 0 Å². The second kappa shape index (κ2) is 7.66. The molecule has 0 aliphatic heterocycles. The van der Waals surface area contributed by atoms with Gasteiger partial charge in [0.1, 0.15) is 0 Å². The Kier molecular flexibility index (Phi) is 5.13. The van der Waals surface area contributed by atoms with Gasteiger partial charge in [-0.05, 0) is 23.8 Å². The Morgan fingerprint density at radius 2 is 2.00 bits per heavy atom. The number of fused-ring (bicyclic) bond motifs is 1. The molecule has 0 radical (unpaired) electrons. The molecule has 3 rings (SSSR count). The molecule has 24 heavy (non-hydrogen) atoms. The molecule has 3 N–H and O–H groups in total. The quantitative estimate of drug-likeness (QED) is 0.585. The van der Waals surface area contributed by atoms with Gasteiger partial charge in [0.25, 0.3) is 5.91 Å². The van der Waals surface area contributed by atoms with Crippen LogP contribution in [0.25, 0.3) is 10.9 Å². The van der Waals surface area contributed by atoms with Gasteiger partial charge in [-0.25, -0.2) is 0 Å². The van der Waals surface area contributed by atoms with Gasteiger partial charge in [0, 0.05) is 37.5 Å². The number of rotatable bonds is 7. The summed E-state index contributed by atoms with van der Waals surface area (Å²) in [5.74, 6) is -0.0882. The second-order valence-corrected chi connectivity index (χ2v) is 5.51. The maximum Gasteiger partial charge on any atom is 0.253 e. The summed E-state index contributed by atoms with van der Waals surface area (Å²) in [4.78, 5) is 15.7. The van der Waals surface area contributed by atoms with Crippen molar-refractivity contribution in [2.24, 2.45) is 0 Å². The Morgan fingerprint density at radius 3 is 2.88 bits per heavy atom. The molecular weight excluding hydrogens is 302 g/mol. The van der Waals surface area contributed by atoms with Crippen LogP contribution in [0.1, 0.15) is 15.9 Å². The topological polar surface area (TPSA) is 66.2 Å². The maximum atomic E-state index is 12.5. The van der Waals surface area contributed by atoms with Gasteiger partial charge in [0.2, 0.25) is 0 Å². The molecule has 0 bridgehead atoms. The van der Waals surface area contributed by atoms with E-state index in [1.165, 1.54) is 0 Å². The summed E-state index contributed by atoms with van der Waals surface area (Å²) in [5, 5.41) is 7.35. The Bertz CT molecular complexity index is 826. The molecular formula is C19H21N3O2. The number of aromatic nitrogens is 1. The van der Waals surface area contributed by atoms with E-state index in [1.807, 2.05) is 54.7 Å². The SMILES string of the molecule is COCCNc1ccccc1CNC(=O)c1cccc2cc[nH]c12. The smallest absolute Gasteiger partial charge is 0.253 e. The molecule has 5 nitrogen and oxygen atoms in total. The van der Waals surface area contributed by atoms with E-state index >= 15 is 0 Å². The van der Waals surface area contributed by atoms with Crippen LogP contribution in [-0.2, 0) is 11.3 Å². The number of H-pyrrole nitrogens is 1. The summed E-state index contributed by atoms with van der Waals surface area (Å²) < 4.78 is 5.06. The first-order chi connectivity index (χ1) is 11.8. The third kappa shape index (κ3) is 3.58. The van der Waals surface area contributed by atoms with E-state index in [4.69, 9.17) is 4.74 Å². The third-order valence-electron chi connectivity index (χ3n) is 3.91. The van der Waals surface area contributed by atoms with Crippen LogP contribution in [0.4, 0.5) is 5.69 Å². The minimum absolute atomic E-state index is 0.0882. The van der Waals surface area contributed by atoms with Crippen LogP contribution in [0, 0.1) is 0 Å². The summed E-state index contributed by atoms with van der Waals surface area (Å²) in [7, 11) is 1.68. The fourth-order valence-electron chi connectivity index (χ4n) is 2.68. The molecule has 3 aromatic rings. The maximum absolute atomic E-state index is 12.5. The highest BCUT2D eigenvalue weighted by molar-refractivity contribution is 6.05. The van der Waals surface area contributed by atoms with E-state index in [2.05, 4.69) is 15.6 Å². The molecule has 1 amide bonds. The van der Waals surface area contributed by atoms with E-state index in [0.29, 0.717) is 18.7 Å². The molecule has 0 saturated carbocycles. The van der Waals surface area contributed by atoms with Crippen molar-refractivity contribution in [1.29, 1.82) is 0 Å². The highest BCUT2D eigenvalue weighted by atomic mass is 16.5. The zero-order valence-electron chi connectivity index (χ0n) is 13.6. The number of hydrogen-bond donors (Lipinski definition) is 3. The van der Waals surface area contributed by atoms with Crippen LogP contribution in [-0.4, -0.2) is 31.2 Å². The number of methoxy groups -OCH3 is 1. The summed E-state index contributed by atoms with van der Waals surface area (Å²) in [6.07, 6.45) is 1.84. The summed E-state index contributed by atoms with van der Waals surface area (Å²) >= 11 is 0. The zero-order valence-corrected chi connectivity index (χ0v) is 13.6. The van der Waals surface area contributed by atoms with Gasteiger partial charge in [-0.3, -0.25) is 4.79 Å². The summed E-state index contributed by atoms with van der Waals surface area (Å²) in [5.41, 5.74) is 3.57. The van der Waals surface area contributed by atoms with Gasteiger partial charge in [0.15, 0.2) is 0 Å². The number of amides is 1. The molecule has 5 heteroatoms. The molecule has 124 valence electrons. The van der Waals surface area contributed by atoms with Crippen molar-refractivity contribution in [2.75, 3.05) is 25.6 Å². The molecule has 1 aromatic heterocycles. The van der Waals surface area contributed by atoms with Crippen molar-refractivity contribution in [1.82, 2.24) is 10.3 Å². The number of para-hydroxylation sites is 2. The second-order valence-electron chi connectivity index (χ2n) is 5.51. The van der Waals surface area contributed by atoms with Crippen molar-refractivity contribution in [3.8, 4) is 0 Å². The summed E-state index contributed by atoms with van der Waals surface area (Å²) in [6.45, 7) is 1.82. The fourth-order valence-corrected chi connectivity index (χ4v) is 2.68. The van der Waals surface area contributed by atoms with Crippen molar-refractivity contribution < 1.29 is 9.53 Å². The highest BCUT2D eigenvalue weighted by Crippen LogP contribution is 2.18. The van der Waals surface area contributed by atoms with Gasteiger partial charge in [0.05, 0.1) is 17.7 Å². The largest absolute Gasteiger partial charge is 0.383 e. The summed E-state index contributed by atoms with van der Waals surface area (Å²) in [6, 6.07) is 15.6. The van der Waals surface area contributed by atoms with Gasteiger partial charge < -0.3 is 20.4 Å². The Morgan fingerprint density at radius 1 is 1.12 bits per heavy atom. The Hall–Kier alpha value is -2.79. The van der Waals surface area contributed by atoms with E-state index in [1.54, 1.807) is 7.11 Å². The molecule has 0 aliphatic rings. The van der Waals surface area contributed by atoms with E-state index < -0.39 is 0 Å². The minimum atomic E-state index is -0.0882. The predicted molar refractivity (Wildman–Crippen MR) is 96.3 cm³/mol.